The van der Waals surface area contributed by atoms with Gasteiger partial charge in [-0.2, -0.15) is 0 Å². The van der Waals surface area contributed by atoms with Gasteiger partial charge in [0.15, 0.2) is 0 Å². The number of hydrogen-bond donors (Lipinski definition) is 2. The zero-order chi connectivity index (χ0) is 35.2. The summed E-state index contributed by atoms with van der Waals surface area (Å²) < 4.78 is 22.6. The number of hydrogen-bond acceptors (Lipinski definition) is 5. The number of carboxylic acids is 1. The highest BCUT2D eigenvalue weighted by Gasteiger charge is 2.56. The summed E-state index contributed by atoms with van der Waals surface area (Å²) in [6, 6.07) is 14.1. The second-order valence-corrected chi connectivity index (χ2v) is 19.5. The van der Waals surface area contributed by atoms with Gasteiger partial charge in [0.05, 0.1) is 22.6 Å². The van der Waals surface area contributed by atoms with Gasteiger partial charge in [0.1, 0.15) is 5.78 Å². The molecule has 48 heavy (non-hydrogen) atoms. The smallest absolute Gasteiger partial charge is 0.309 e. The maximum absolute atomic E-state index is 15.1. The van der Waals surface area contributed by atoms with Gasteiger partial charge in [-0.1, -0.05) is 82.1 Å². The number of Topliss-reactive ketones (excluding diaryl/α,β-unsaturated/α-hetero) is 1. The highest BCUT2D eigenvalue weighted by molar-refractivity contribution is 7.93. The van der Waals surface area contributed by atoms with Crippen molar-refractivity contribution >= 4 is 50.6 Å². The molecule has 0 radical (unpaired) electrons. The maximum Gasteiger partial charge on any atom is 0.309 e. The molecule has 1 amide bonds. The SMILES string of the molecule is CC(C)[C@@H](CS(=N)(=O)C(C)C)N1C(=O)[C@@](C)(CC(=O)CC23CCC(C(=O)O)(CC2)CC3)C[C@H](c2cccc(Cl)c2)[C@H]1c1ccc(Cl)cc1. The number of nitrogens with zero attached hydrogens (tertiary/aromatic N) is 1. The summed E-state index contributed by atoms with van der Waals surface area (Å²) in [7, 11) is -3.06. The Morgan fingerprint density at radius 2 is 1.54 bits per heavy atom. The first-order valence-electron chi connectivity index (χ1n) is 17.3. The molecular weight excluding hydrogens is 667 g/mol. The number of halogens is 2. The second kappa shape index (κ2) is 13.7. The molecule has 1 heterocycles. The molecule has 3 aliphatic carbocycles. The third kappa shape index (κ3) is 7.22. The van der Waals surface area contributed by atoms with Crippen LogP contribution in [0.5, 0.6) is 0 Å². The van der Waals surface area contributed by atoms with E-state index in [0.717, 1.165) is 11.1 Å². The lowest BCUT2D eigenvalue weighted by atomic mass is 9.52. The Bertz CT molecular complexity index is 1630. The van der Waals surface area contributed by atoms with Crippen molar-refractivity contribution in [2.75, 3.05) is 5.75 Å². The maximum atomic E-state index is 15.1. The van der Waals surface area contributed by atoms with Crippen LogP contribution in [0, 0.1) is 26.9 Å². The summed E-state index contributed by atoms with van der Waals surface area (Å²) in [6.07, 6.45) is 4.74. The molecular formula is C38H50Cl2N2O5S. The predicted molar refractivity (Wildman–Crippen MR) is 192 cm³/mol. The fourth-order valence-electron chi connectivity index (χ4n) is 8.72. The van der Waals surface area contributed by atoms with E-state index in [1.54, 1.807) is 13.8 Å². The second-order valence-electron chi connectivity index (χ2n) is 15.9. The molecule has 5 atom stereocenters. The van der Waals surface area contributed by atoms with Gasteiger partial charge in [-0.05, 0) is 91.7 Å². The third-order valence-electron chi connectivity index (χ3n) is 11.9. The average Bonchev–Trinajstić information content (AvgIpc) is 3.02. The van der Waals surface area contributed by atoms with Gasteiger partial charge >= 0.3 is 5.97 Å². The summed E-state index contributed by atoms with van der Waals surface area (Å²) in [6.45, 7) is 9.47. The first kappa shape index (κ1) is 36.9. The Balaban J connectivity index is 1.57. The zero-order valence-corrected chi connectivity index (χ0v) is 31.1. The molecule has 1 unspecified atom stereocenters. The van der Waals surface area contributed by atoms with Crippen molar-refractivity contribution in [3.8, 4) is 0 Å². The zero-order valence-electron chi connectivity index (χ0n) is 28.8. The molecule has 1 saturated heterocycles. The number of amides is 1. The number of piperidine rings is 1. The van der Waals surface area contributed by atoms with E-state index in [1.807, 2.05) is 74.2 Å². The quantitative estimate of drug-likeness (QED) is 0.227. The molecule has 4 aliphatic rings. The van der Waals surface area contributed by atoms with Crippen LogP contribution in [-0.2, 0) is 24.1 Å². The summed E-state index contributed by atoms with van der Waals surface area (Å²) in [5.41, 5.74) is -0.112. The monoisotopic (exact) mass is 716 g/mol. The number of carboxylic acid groups (broad SMARTS) is 1. The minimum atomic E-state index is -3.06. The van der Waals surface area contributed by atoms with Gasteiger partial charge < -0.3 is 10.0 Å². The van der Waals surface area contributed by atoms with Crippen LogP contribution < -0.4 is 0 Å². The van der Waals surface area contributed by atoms with Crippen LogP contribution >= 0.6 is 23.2 Å². The number of benzene rings is 2. The van der Waals surface area contributed by atoms with Crippen molar-refractivity contribution in [1.82, 2.24) is 4.90 Å². The van der Waals surface area contributed by atoms with Gasteiger partial charge in [-0.3, -0.25) is 19.2 Å². The number of carbonyl (C=O) groups excluding carboxylic acids is 2. The summed E-state index contributed by atoms with van der Waals surface area (Å²) in [4.78, 5) is 43.2. The number of carbonyl (C=O) groups is 3. The van der Waals surface area contributed by atoms with Crippen molar-refractivity contribution in [1.29, 1.82) is 4.78 Å². The first-order valence-corrected chi connectivity index (χ1v) is 19.8. The Labute approximate surface area is 296 Å². The first-order chi connectivity index (χ1) is 22.4. The van der Waals surface area contributed by atoms with E-state index in [2.05, 4.69) is 0 Å². The van der Waals surface area contributed by atoms with Crippen LogP contribution in [0.25, 0.3) is 0 Å². The van der Waals surface area contributed by atoms with Crippen molar-refractivity contribution in [3.63, 3.8) is 0 Å². The minimum Gasteiger partial charge on any atom is -0.481 e. The molecule has 2 aromatic rings. The van der Waals surface area contributed by atoms with Gasteiger partial charge in [0.25, 0.3) is 0 Å². The van der Waals surface area contributed by atoms with Crippen molar-refractivity contribution < 1.29 is 23.7 Å². The average molecular weight is 718 g/mol. The molecule has 4 fully saturated rings. The fourth-order valence-corrected chi connectivity index (χ4v) is 10.5. The van der Waals surface area contributed by atoms with E-state index in [-0.39, 0.29) is 41.1 Å². The predicted octanol–water partition coefficient (Wildman–Crippen LogP) is 9.31. The van der Waals surface area contributed by atoms with Crippen molar-refractivity contribution in [3.05, 3.63) is 69.7 Å². The Morgan fingerprint density at radius 1 is 0.938 bits per heavy atom. The van der Waals surface area contributed by atoms with Crippen LogP contribution in [0.2, 0.25) is 10.0 Å². The van der Waals surface area contributed by atoms with E-state index in [1.165, 1.54) is 0 Å². The molecule has 3 saturated carbocycles. The molecule has 10 heteroatoms. The molecule has 262 valence electrons. The van der Waals surface area contributed by atoms with Crippen LogP contribution in [0.4, 0.5) is 0 Å². The van der Waals surface area contributed by atoms with E-state index < -0.39 is 43.9 Å². The van der Waals surface area contributed by atoms with Crippen LogP contribution in [-0.4, -0.2) is 48.9 Å². The normalized spacial score (nSPS) is 30.8. The minimum absolute atomic E-state index is 0.0258. The summed E-state index contributed by atoms with van der Waals surface area (Å²) in [5, 5.41) is 10.6. The van der Waals surface area contributed by atoms with Gasteiger partial charge in [-0.15, -0.1) is 0 Å². The third-order valence-corrected chi connectivity index (χ3v) is 14.8. The lowest BCUT2D eigenvalue weighted by Crippen LogP contribution is -2.59. The van der Waals surface area contributed by atoms with Gasteiger partial charge in [-0.25, -0.2) is 4.21 Å². The van der Waals surface area contributed by atoms with Crippen molar-refractivity contribution in [2.45, 2.75) is 116 Å². The van der Waals surface area contributed by atoms with E-state index in [9.17, 15) is 18.9 Å². The summed E-state index contributed by atoms with van der Waals surface area (Å²) in [5.74, 6) is -1.21. The number of aliphatic carboxylic acids is 1. The fraction of sp³-hybridized carbons (Fsp3) is 0.605. The molecule has 7 nitrogen and oxygen atoms in total. The molecule has 0 aromatic heterocycles. The molecule has 2 bridgehead atoms. The molecule has 1 aliphatic heterocycles. The Morgan fingerprint density at radius 3 is 2.06 bits per heavy atom. The highest BCUT2D eigenvalue weighted by atomic mass is 35.5. The number of rotatable bonds is 12. The summed E-state index contributed by atoms with van der Waals surface area (Å²) >= 11 is 12.9. The van der Waals surface area contributed by atoms with E-state index >= 15 is 4.79 Å². The number of ketones is 1. The standard InChI is InChI=1S/C38H50Cl2N2O5S/c1-24(2)32(23-48(41,47)25(3)4)42-33(26-9-11-28(39)12-10-26)31(27-7-6-8-29(40)19-27)22-36(5,34(42)44)20-30(43)21-37-13-16-38(17-14-37,18-15-37)35(45)46/h6-12,19,24-25,31-33,41H,13-18,20-23H2,1-5H3,(H,45,46)/t31-,32-,33-,36+,37?,38?,48?/m1/s1. The number of fused-ring (bicyclic) bond motifs is 3. The molecule has 0 spiro atoms. The van der Waals surface area contributed by atoms with Crippen LogP contribution in [0.1, 0.15) is 115 Å². The lowest BCUT2D eigenvalue weighted by molar-refractivity contribution is -0.161. The van der Waals surface area contributed by atoms with E-state index in [4.69, 9.17) is 28.0 Å². The number of likely N-dealkylation sites (tertiary alicyclic amines) is 1. The van der Waals surface area contributed by atoms with Gasteiger partial charge in [0, 0.05) is 49.8 Å². The lowest BCUT2D eigenvalue weighted by Gasteiger charge is -2.53. The topological polar surface area (TPSA) is 116 Å². The molecule has 2 N–H and O–H groups in total. The van der Waals surface area contributed by atoms with Crippen molar-refractivity contribution in [2.24, 2.45) is 22.2 Å². The van der Waals surface area contributed by atoms with Crippen LogP contribution in [0.15, 0.2) is 48.5 Å². The Kier molecular flexibility index (Phi) is 10.5. The van der Waals surface area contributed by atoms with Crippen LogP contribution in [0.3, 0.4) is 0 Å². The Hall–Kier alpha value is -2.42. The highest BCUT2D eigenvalue weighted by Crippen LogP contribution is 2.59. The number of nitrogens with one attached hydrogen (secondary N) is 1. The largest absolute Gasteiger partial charge is 0.481 e. The molecule has 2 aromatic carbocycles. The van der Waals surface area contributed by atoms with Gasteiger partial charge in [0.2, 0.25) is 5.91 Å². The van der Waals surface area contributed by atoms with E-state index in [0.29, 0.717) is 61.4 Å². The molecule has 6 rings (SSSR count).